The number of hydrogen-bond donors (Lipinski definition) is 3. The Labute approximate surface area is 229 Å². The average molecular weight is 538 g/mol. The van der Waals surface area contributed by atoms with E-state index in [0.717, 1.165) is 40.6 Å². The van der Waals surface area contributed by atoms with E-state index in [2.05, 4.69) is 20.6 Å². The maximum Gasteiger partial charge on any atom is 0.255 e. The first-order valence-corrected chi connectivity index (χ1v) is 13.5. The van der Waals surface area contributed by atoms with Gasteiger partial charge in [0.15, 0.2) is 0 Å². The number of morpholine rings is 1. The number of amides is 1. The van der Waals surface area contributed by atoms with Crippen LogP contribution in [-0.4, -0.2) is 52.1 Å². The van der Waals surface area contributed by atoms with Gasteiger partial charge in [0, 0.05) is 47.5 Å². The Bertz CT molecular complexity index is 1760. The summed E-state index contributed by atoms with van der Waals surface area (Å²) in [6.07, 6.45) is 3.96. The second kappa shape index (κ2) is 9.87. The number of imidazole rings is 1. The van der Waals surface area contributed by atoms with Crippen LogP contribution < -0.4 is 15.5 Å². The second-order valence-corrected chi connectivity index (χ2v) is 10.4. The van der Waals surface area contributed by atoms with Gasteiger partial charge in [-0.2, -0.15) is 0 Å². The number of H-pyrrole nitrogens is 1. The van der Waals surface area contributed by atoms with Crippen LogP contribution in [0, 0.1) is 12.7 Å². The van der Waals surface area contributed by atoms with Crippen LogP contribution in [0.4, 0.5) is 27.4 Å². The van der Waals surface area contributed by atoms with Gasteiger partial charge in [-0.1, -0.05) is 18.2 Å². The average Bonchev–Trinajstić information content (AvgIpc) is 3.72. The summed E-state index contributed by atoms with van der Waals surface area (Å²) in [5.74, 6) is 0.870. The number of anilines is 4. The molecule has 0 bridgehead atoms. The first-order chi connectivity index (χ1) is 19.5. The predicted molar refractivity (Wildman–Crippen MR) is 153 cm³/mol. The van der Waals surface area contributed by atoms with Crippen LogP contribution in [0.5, 0.6) is 0 Å². The largest absolute Gasteiger partial charge is 0.378 e. The number of benzene rings is 3. The van der Waals surface area contributed by atoms with Gasteiger partial charge >= 0.3 is 0 Å². The van der Waals surface area contributed by atoms with Gasteiger partial charge < -0.3 is 25.3 Å². The Hall–Kier alpha value is -4.57. The molecule has 1 aliphatic carbocycles. The van der Waals surface area contributed by atoms with Gasteiger partial charge in [-0.3, -0.25) is 4.79 Å². The minimum Gasteiger partial charge on any atom is -0.378 e. The molecule has 2 aliphatic rings. The van der Waals surface area contributed by atoms with Crippen molar-refractivity contribution < 1.29 is 13.9 Å². The van der Waals surface area contributed by atoms with E-state index in [9.17, 15) is 9.18 Å². The zero-order chi connectivity index (χ0) is 27.2. The molecule has 10 heteroatoms. The van der Waals surface area contributed by atoms with Crippen molar-refractivity contribution in [3.63, 3.8) is 0 Å². The van der Waals surface area contributed by atoms with Gasteiger partial charge in [-0.25, -0.2) is 19.3 Å². The molecular formula is C30H28FN7O2. The van der Waals surface area contributed by atoms with Crippen molar-refractivity contribution in [3.05, 3.63) is 77.5 Å². The topological polar surface area (TPSA) is 108 Å². The van der Waals surface area contributed by atoms with Crippen molar-refractivity contribution in [3.8, 4) is 0 Å². The predicted octanol–water partition coefficient (Wildman–Crippen LogP) is 5.66. The summed E-state index contributed by atoms with van der Waals surface area (Å²) in [7, 11) is 0. The number of nitrogens with zero attached hydrogens (tertiary/aromatic N) is 4. The third-order valence-electron chi connectivity index (χ3n) is 7.41. The van der Waals surface area contributed by atoms with Crippen LogP contribution >= 0.6 is 0 Å². The molecule has 3 aromatic carbocycles. The van der Waals surface area contributed by atoms with E-state index in [0.29, 0.717) is 60.7 Å². The molecule has 3 heterocycles. The highest BCUT2D eigenvalue weighted by Gasteiger charge is 2.28. The molecule has 5 aromatic rings. The molecule has 2 fully saturated rings. The number of carbonyl (C=O) groups excluding carboxylic acids is 1. The van der Waals surface area contributed by atoms with Crippen molar-refractivity contribution in [2.24, 2.45) is 0 Å². The number of aryl methyl sites for hydroxylation is 1. The van der Waals surface area contributed by atoms with Crippen LogP contribution in [0.15, 0.2) is 54.7 Å². The van der Waals surface area contributed by atoms with Gasteiger partial charge in [0.25, 0.3) is 5.91 Å². The summed E-state index contributed by atoms with van der Waals surface area (Å²) >= 11 is 0. The van der Waals surface area contributed by atoms with Gasteiger partial charge in [-0.05, 0) is 55.7 Å². The third-order valence-corrected chi connectivity index (χ3v) is 7.41. The van der Waals surface area contributed by atoms with Crippen LogP contribution in [0.25, 0.3) is 21.9 Å². The normalized spacial score (nSPS) is 15.5. The molecule has 1 amide bonds. The van der Waals surface area contributed by atoms with Crippen molar-refractivity contribution in [2.45, 2.75) is 25.7 Å². The third kappa shape index (κ3) is 4.82. The molecule has 1 aliphatic heterocycles. The van der Waals surface area contributed by atoms with E-state index in [-0.39, 0.29) is 5.56 Å². The summed E-state index contributed by atoms with van der Waals surface area (Å²) in [5.41, 5.74) is 5.47. The fraction of sp³-hybridized carbons (Fsp3) is 0.267. The highest BCUT2D eigenvalue weighted by Crippen LogP contribution is 2.40. The number of rotatable bonds is 6. The number of aromatic amines is 1. The van der Waals surface area contributed by atoms with E-state index in [1.165, 1.54) is 12.1 Å². The zero-order valence-electron chi connectivity index (χ0n) is 22.0. The fourth-order valence-electron chi connectivity index (χ4n) is 5.15. The van der Waals surface area contributed by atoms with Crippen molar-refractivity contribution in [1.82, 2.24) is 19.9 Å². The Morgan fingerprint density at radius 3 is 2.75 bits per heavy atom. The molecule has 3 N–H and O–H groups in total. The minimum atomic E-state index is -0.464. The lowest BCUT2D eigenvalue weighted by atomic mass is 10.1. The number of nitrogens with one attached hydrogen (secondary N) is 3. The highest BCUT2D eigenvalue weighted by atomic mass is 19.1. The molecule has 0 radical (unpaired) electrons. The number of aromatic nitrogens is 4. The van der Waals surface area contributed by atoms with Crippen LogP contribution in [0.1, 0.15) is 40.5 Å². The number of halogens is 1. The summed E-state index contributed by atoms with van der Waals surface area (Å²) in [4.78, 5) is 32.9. The summed E-state index contributed by atoms with van der Waals surface area (Å²) < 4.78 is 20.0. The molecule has 1 saturated heterocycles. The van der Waals surface area contributed by atoms with E-state index < -0.39 is 11.7 Å². The number of fused-ring (bicyclic) bond motifs is 2. The molecular weight excluding hydrogens is 509 g/mol. The van der Waals surface area contributed by atoms with Crippen molar-refractivity contribution in [1.29, 1.82) is 0 Å². The molecule has 1 saturated carbocycles. The van der Waals surface area contributed by atoms with E-state index >= 15 is 0 Å². The molecule has 0 spiro atoms. The standard InChI is InChI=1S/C30H28FN7O2/c1-17-3-2-4-19-16-32-30(37-26(17)19)33-22-14-24-27(36-28(34-24)18-5-6-18)25(15-22)35-29(39)20-11-21(31)13-23(12-20)38-7-9-40-10-8-38/h2-4,11-16,18H,5-10H2,1H3,(H,34,36)(H,35,39)(H,32,33,37). The summed E-state index contributed by atoms with van der Waals surface area (Å²) in [5, 5.41) is 7.23. The lowest BCUT2D eigenvalue weighted by Crippen LogP contribution is -2.36. The molecule has 0 unspecified atom stereocenters. The van der Waals surface area contributed by atoms with Crippen LogP contribution in [-0.2, 0) is 4.74 Å². The molecule has 2 aromatic heterocycles. The van der Waals surface area contributed by atoms with Crippen LogP contribution in [0.2, 0.25) is 0 Å². The molecule has 9 nitrogen and oxygen atoms in total. The van der Waals surface area contributed by atoms with Crippen molar-refractivity contribution in [2.75, 3.05) is 41.8 Å². The van der Waals surface area contributed by atoms with Gasteiger partial charge in [0.2, 0.25) is 5.95 Å². The van der Waals surface area contributed by atoms with E-state index in [1.807, 2.05) is 42.2 Å². The highest BCUT2D eigenvalue weighted by molar-refractivity contribution is 6.09. The Morgan fingerprint density at radius 1 is 1.07 bits per heavy atom. The molecule has 7 rings (SSSR count). The first kappa shape index (κ1) is 24.5. The Kier molecular flexibility index (Phi) is 6.04. The van der Waals surface area contributed by atoms with Gasteiger partial charge in [0.1, 0.15) is 17.2 Å². The lowest BCUT2D eigenvalue weighted by molar-refractivity contribution is 0.102. The van der Waals surface area contributed by atoms with E-state index in [1.54, 1.807) is 12.3 Å². The second-order valence-electron chi connectivity index (χ2n) is 10.4. The van der Waals surface area contributed by atoms with Gasteiger partial charge in [-0.15, -0.1) is 0 Å². The number of para-hydroxylation sites is 1. The number of ether oxygens (including phenoxy) is 1. The number of hydrogen-bond acceptors (Lipinski definition) is 7. The van der Waals surface area contributed by atoms with Gasteiger partial charge in [0.05, 0.1) is 29.9 Å². The number of carbonyl (C=O) groups is 1. The smallest absolute Gasteiger partial charge is 0.255 e. The summed E-state index contributed by atoms with van der Waals surface area (Å²) in [6, 6.07) is 14.1. The molecule has 202 valence electrons. The van der Waals surface area contributed by atoms with Crippen LogP contribution in [0.3, 0.4) is 0 Å². The fourth-order valence-corrected chi connectivity index (χ4v) is 5.15. The van der Waals surface area contributed by atoms with E-state index in [4.69, 9.17) is 14.7 Å². The first-order valence-electron chi connectivity index (χ1n) is 13.5. The SMILES string of the molecule is Cc1cccc2cnc(Nc3cc(NC(=O)c4cc(F)cc(N5CCOCC5)c4)c4nc(C5CC5)[nH]c4c3)nc12. The monoisotopic (exact) mass is 537 g/mol. The summed E-state index contributed by atoms with van der Waals surface area (Å²) in [6.45, 7) is 4.44. The quantitative estimate of drug-likeness (QED) is 0.256. The Morgan fingerprint density at radius 2 is 1.93 bits per heavy atom. The molecule has 0 atom stereocenters. The zero-order valence-corrected chi connectivity index (χ0v) is 22.0. The maximum absolute atomic E-state index is 14.6. The van der Waals surface area contributed by atoms with Crippen molar-refractivity contribution >= 4 is 50.9 Å². The lowest BCUT2D eigenvalue weighted by Gasteiger charge is -2.29. The minimum absolute atomic E-state index is 0.235. The Balaban J connectivity index is 1.23. The maximum atomic E-state index is 14.6. The molecule has 40 heavy (non-hydrogen) atoms.